The Morgan fingerprint density at radius 2 is 2.11 bits per heavy atom. The number of carbonyl (C=O) groups excluding carboxylic acids is 1. The first-order valence-electron chi connectivity index (χ1n) is 7.30. The molecule has 1 saturated carbocycles. The van der Waals surface area contributed by atoms with Crippen molar-refractivity contribution in [1.82, 2.24) is 10.6 Å². The molecule has 19 heavy (non-hydrogen) atoms. The van der Waals surface area contributed by atoms with Crippen LogP contribution in [0.2, 0.25) is 0 Å². The summed E-state index contributed by atoms with van der Waals surface area (Å²) < 4.78 is 0. The smallest absolute Gasteiger partial charge is 0.329 e. The molecule has 0 radical (unpaired) electrons. The van der Waals surface area contributed by atoms with Gasteiger partial charge in [0.05, 0.1) is 5.92 Å². The van der Waals surface area contributed by atoms with Crippen LogP contribution >= 0.6 is 0 Å². The molecule has 5 nitrogen and oxygen atoms in total. The van der Waals surface area contributed by atoms with E-state index in [1.807, 2.05) is 0 Å². The summed E-state index contributed by atoms with van der Waals surface area (Å²) in [6, 6.07) is 0. The number of aliphatic carboxylic acids is 1. The van der Waals surface area contributed by atoms with Crippen molar-refractivity contribution in [2.24, 2.45) is 11.8 Å². The minimum absolute atomic E-state index is 0.0813. The van der Waals surface area contributed by atoms with E-state index >= 15 is 0 Å². The minimum Gasteiger partial charge on any atom is -0.480 e. The molecule has 1 amide bonds. The standard InChI is InChI=1S/C14H24N2O3/c1-10-4-2-6-14(8-10,13(18)19)16-12(17)11-5-3-7-15-9-11/h10-11,15H,2-9H2,1H3,(H,16,17)(H,18,19)/t10?,11-,14?/m0/s1. The van der Waals surface area contributed by atoms with E-state index in [9.17, 15) is 14.7 Å². The van der Waals surface area contributed by atoms with Crippen LogP contribution in [0.1, 0.15) is 45.4 Å². The lowest BCUT2D eigenvalue weighted by atomic mass is 9.76. The quantitative estimate of drug-likeness (QED) is 0.717. The third kappa shape index (κ3) is 3.26. The number of rotatable bonds is 3. The van der Waals surface area contributed by atoms with E-state index < -0.39 is 11.5 Å². The van der Waals surface area contributed by atoms with E-state index in [0.29, 0.717) is 25.3 Å². The maximum absolute atomic E-state index is 12.3. The van der Waals surface area contributed by atoms with E-state index in [0.717, 1.165) is 32.2 Å². The van der Waals surface area contributed by atoms with E-state index in [-0.39, 0.29) is 11.8 Å². The minimum atomic E-state index is -1.04. The normalized spacial score (nSPS) is 35.6. The molecule has 3 atom stereocenters. The van der Waals surface area contributed by atoms with Gasteiger partial charge < -0.3 is 15.7 Å². The van der Waals surface area contributed by atoms with Crippen molar-refractivity contribution in [3.8, 4) is 0 Å². The maximum atomic E-state index is 12.3. The molecule has 1 aliphatic carbocycles. The monoisotopic (exact) mass is 268 g/mol. The summed E-state index contributed by atoms with van der Waals surface area (Å²) in [5, 5.41) is 15.6. The van der Waals surface area contributed by atoms with Crippen molar-refractivity contribution in [1.29, 1.82) is 0 Å². The van der Waals surface area contributed by atoms with Crippen LogP contribution in [0.4, 0.5) is 0 Å². The molecule has 108 valence electrons. The Balaban J connectivity index is 2.03. The Labute approximate surface area is 114 Å². The fourth-order valence-electron chi connectivity index (χ4n) is 3.33. The fourth-order valence-corrected chi connectivity index (χ4v) is 3.33. The van der Waals surface area contributed by atoms with Crippen molar-refractivity contribution in [3.05, 3.63) is 0 Å². The van der Waals surface area contributed by atoms with Crippen molar-refractivity contribution >= 4 is 11.9 Å². The van der Waals surface area contributed by atoms with Gasteiger partial charge >= 0.3 is 5.97 Å². The molecule has 2 aliphatic rings. The Kier molecular flexibility index (Phi) is 4.45. The van der Waals surface area contributed by atoms with Gasteiger partial charge in [0.15, 0.2) is 0 Å². The zero-order chi connectivity index (χ0) is 13.9. The van der Waals surface area contributed by atoms with Crippen LogP contribution in [0.3, 0.4) is 0 Å². The first-order chi connectivity index (χ1) is 9.03. The van der Waals surface area contributed by atoms with Gasteiger partial charge in [-0.25, -0.2) is 4.79 Å². The van der Waals surface area contributed by atoms with Gasteiger partial charge in [0, 0.05) is 6.54 Å². The summed E-state index contributed by atoms with van der Waals surface area (Å²) in [5.41, 5.74) is -1.04. The summed E-state index contributed by atoms with van der Waals surface area (Å²) in [5.74, 6) is -0.697. The molecule has 0 spiro atoms. The third-order valence-electron chi connectivity index (χ3n) is 4.44. The second-order valence-electron chi connectivity index (χ2n) is 6.12. The van der Waals surface area contributed by atoms with Gasteiger partial charge in [0.25, 0.3) is 0 Å². The van der Waals surface area contributed by atoms with Crippen LogP contribution in [0.5, 0.6) is 0 Å². The highest BCUT2D eigenvalue weighted by atomic mass is 16.4. The molecule has 1 saturated heterocycles. The molecule has 3 N–H and O–H groups in total. The third-order valence-corrected chi connectivity index (χ3v) is 4.44. The van der Waals surface area contributed by atoms with Gasteiger partial charge in [-0.15, -0.1) is 0 Å². The fraction of sp³-hybridized carbons (Fsp3) is 0.857. The topological polar surface area (TPSA) is 78.4 Å². The average Bonchev–Trinajstić information content (AvgIpc) is 2.39. The summed E-state index contributed by atoms with van der Waals surface area (Å²) in [6.45, 7) is 3.67. The summed E-state index contributed by atoms with van der Waals surface area (Å²) in [4.78, 5) is 23.9. The van der Waals surface area contributed by atoms with Crippen LogP contribution < -0.4 is 10.6 Å². The average molecular weight is 268 g/mol. The highest BCUT2D eigenvalue weighted by Gasteiger charge is 2.44. The first kappa shape index (κ1) is 14.3. The van der Waals surface area contributed by atoms with Crippen molar-refractivity contribution in [2.45, 2.75) is 51.0 Å². The molecule has 0 aromatic carbocycles. The highest BCUT2D eigenvalue weighted by Crippen LogP contribution is 2.33. The maximum Gasteiger partial charge on any atom is 0.329 e. The number of nitrogens with one attached hydrogen (secondary N) is 2. The summed E-state index contributed by atoms with van der Waals surface area (Å²) in [6.07, 6.45) is 4.86. The van der Waals surface area contributed by atoms with Gasteiger partial charge in [-0.05, 0) is 38.1 Å². The molecule has 5 heteroatoms. The van der Waals surface area contributed by atoms with Gasteiger partial charge in [-0.1, -0.05) is 19.8 Å². The number of piperidine rings is 1. The van der Waals surface area contributed by atoms with Gasteiger partial charge in [-0.2, -0.15) is 0 Å². The molecule has 2 fully saturated rings. The van der Waals surface area contributed by atoms with E-state index in [1.165, 1.54) is 0 Å². The molecule has 0 aromatic rings. The molecular formula is C14H24N2O3. The number of carboxylic acids is 1. The first-order valence-corrected chi connectivity index (χ1v) is 7.30. The second kappa shape index (κ2) is 5.90. The number of carbonyl (C=O) groups is 2. The molecule has 0 aromatic heterocycles. The van der Waals surface area contributed by atoms with E-state index in [1.54, 1.807) is 0 Å². The van der Waals surface area contributed by atoms with Crippen LogP contribution in [-0.4, -0.2) is 35.6 Å². The Morgan fingerprint density at radius 1 is 1.32 bits per heavy atom. The molecule has 0 bridgehead atoms. The number of amides is 1. The predicted octanol–water partition coefficient (Wildman–Crippen LogP) is 1.14. The van der Waals surface area contributed by atoms with E-state index in [2.05, 4.69) is 17.6 Å². The van der Waals surface area contributed by atoms with Gasteiger partial charge in [-0.3, -0.25) is 4.79 Å². The van der Waals surface area contributed by atoms with Crippen LogP contribution in [0.15, 0.2) is 0 Å². The van der Waals surface area contributed by atoms with Gasteiger partial charge in [0.2, 0.25) is 5.91 Å². The van der Waals surface area contributed by atoms with Gasteiger partial charge in [0.1, 0.15) is 5.54 Å². The zero-order valence-electron chi connectivity index (χ0n) is 11.6. The lowest BCUT2D eigenvalue weighted by Crippen LogP contribution is -2.59. The van der Waals surface area contributed by atoms with Crippen molar-refractivity contribution in [3.63, 3.8) is 0 Å². The Hall–Kier alpha value is -1.10. The lowest BCUT2D eigenvalue weighted by Gasteiger charge is -2.38. The molecule has 2 rings (SSSR count). The molecule has 2 unspecified atom stereocenters. The highest BCUT2D eigenvalue weighted by molar-refractivity contribution is 5.88. The summed E-state index contributed by atoms with van der Waals surface area (Å²) >= 11 is 0. The Morgan fingerprint density at radius 3 is 2.68 bits per heavy atom. The number of carboxylic acid groups (broad SMARTS) is 1. The van der Waals surface area contributed by atoms with E-state index in [4.69, 9.17) is 0 Å². The predicted molar refractivity (Wildman–Crippen MR) is 71.7 cm³/mol. The van der Waals surface area contributed by atoms with Crippen LogP contribution in [-0.2, 0) is 9.59 Å². The number of hydrogen-bond donors (Lipinski definition) is 3. The number of hydrogen-bond acceptors (Lipinski definition) is 3. The largest absolute Gasteiger partial charge is 0.480 e. The van der Waals surface area contributed by atoms with Crippen LogP contribution in [0, 0.1) is 11.8 Å². The zero-order valence-corrected chi connectivity index (χ0v) is 11.6. The van der Waals surface area contributed by atoms with Crippen LogP contribution in [0.25, 0.3) is 0 Å². The van der Waals surface area contributed by atoms with Crippen molar-refractivity contribution < 1.29 is 14.7 Å². The lowest BCUT2D eigenvalue weighted by molar-refractivity contribution is -0.150. The Bertz CT molecular complexity index is 353. The van der Waals surface area contributed by atoms with Crippen molar-refractivity contribution in [2.75, 3.05) is 13.1 Å². The second-order valence-corrected chi connectivity index (χ2v) is 6.12. The molecule has 1 heterocycles. The summed E-state index contributed by atoms with van der Waals surface area (Å²) in [7, 11) is 0. The SMILES string of the molecule is CC1CCCC(NC(=O)[C@H]2CCCNC2)(C(=O)O)C1. The molecule has 1 aliphatic heterocycles. The molecular weight excluding hydrogens is 244 g/mol.